The Balaban J connectivity index is 1.46. The normalized spacial score (nSPS) is 12.6. The number of nitrogens with one attached hydrogen (secondary N) is 2. The lowest BCUT2D eigenvalue weighted by molar-refractivity contribution is 0.0947. The summed E-state index contributed by atoms with van der Waals surface area (Å²) in [5.74, 6) is 0.241. The van der Waals surface area contributed by atoms with Crippen LogP contribution in [0.4, 0.5) is 0 Å². The van der Waals surface area contributed by atoms with Gasteiger partial charge in [0.05, 0.1) is 0 Å². The third kappa shape index (κ3) is 6.77. The second kappa shape index (κ2) is 11.8. The Morgan fingerprint density at radius 2 is 1.25 bits per heavy atom. The van der Waals surface area contributed by atoms with Gasteiger partial charge in [0, 0.05) is 24.8 Å². The molecule has 1 heterocycles. The summed E-state index contributed by atoms with van der Waals surface area (Å²) in [4.78, 5) is 29.2. The molecule has 166 valence electrons. The molecule has 0 fully saturated rings. The number of benzene rings is 2. The van der Waals surface area contributed by atoms with E-state index in [0.29, 0.717) is 30.5 Å². The van der Waals surface area contributed by atoms with Gasteiger partial charge < -0.3 is 10.6 Å². The maximum atomic E-state index is 12.5. The van der Waals surface area contributed by atoms with Crippen molar-refractivity contribution in [3.63, 3.8) is 0 Å². The molecule has 0 aliphatic carbocycles. The molecule has 5 nitrogen and oxygen atoms in total. The number of carbonyl (C=O) groups excluding carboxylic acids is 2. The first-order chi connectivity index (χ1) is 15.5. The van der Waals surface area contributed by atoms with E-state index in [1.54, 1.807) is 12.1 Å². The van der Waals surface area contributed by atoms with E-state index in [1.165, 1.54) is 17.3 Å². The molecular weight excluding hydrogens is 398 g/mol. The van der Waals surface area contributed by atoms with E-state index in [0.717, 1.165) is 12.8 Å². The van der Waals surface area contributed by atoms with Gasteiger partial charge in [0.2, 0.25) is 0 Å². The largest absolute Gasteiger partial charge is 0.352 e. The molecule has 0 aliphatic heterocycles. The molecule has 0 bridgehead atoms. The molecule has 0 spiro atoms. The quantitative estimate of drug-likeness (QED) is 0.480. The van der Waals surface area contributed by atoms with Gasteiger partial charge in [-0.25, -0.2) is 0 Å². The summed E-state index contributed by atoms with van der Waals surface area (Å²) < 4.78 is 0. The van der Waals surface area contributed by atoms with Crippen LogP contribution in [0.25, 0.3) is 0 Å². The summed E-state index contributed by atoms with van der Waals surface area (Å²) in [6, 6.07) is 23.6. The summed E-state index contributed by atoms with van der Waals surface area (Å²) in [6.45, 7) is 5.40. The summed E-state index contributed by atoms with van der Waals surface area (Å²) >= 11 is 0. The number of nitrogens with zero attached hydrogens (tertiary/aromatic N) is 1. The van der Waals surface area contributed by atoms with Crippen molar-refractivity contribution in [2.75, 3.05) is 13.1 Å². The van der Waals surface area contributed by atoms with Crippen molar-refractivity contribution in [2.45, 2.75) is 38.5 Å². The molecule has 2 N–H and O–H groups in total. The van der Waals surface area contributed by atoms with Crippen molar-refractivity contribution < 1.29 is 9.59 Å². The zero-order chi connectivity index (χ0) is 22.8. The lowest BCUT2D eigenvalue weighted by Crippen LogP contribution is -2.28. The van der Waals surface area contributed by atoms with Gasteiger partial charge in [0.1, 0.15) is 5.69 Å². The van der Waals surface area contributed by atoms with Crippen LogP contribution >= 0.6 is 0 Å². The maximum Gasteiger partial charge on any atom is 0.269 e. The summed E-state index contributed by atoms with van der Waals surface area (Å²) in [5, 5.41) is 5.85. The van der Waals surface area contributed by atoms with E-state index < -0.39 is 0 Å². The first-order valence-corrected chi connectivity index (χ1v) is 11.2. The summed E-state index contributed by atoms with van der Waals surface area (Å²) in [7, 11) is 0. The topological polar surface area (TPSA) is 71.1 Å². The predicted octanol–water partition coefficient (Wildman–Crippen LogP) is 4.93. The Hall–Kier alpha value is -3.47. The molecule has 3 rings (SSSR count). The fourth-order valence-electron chi connectivity index (χ4n) is 3.59. The molecule has 5 heteroatoms. The maximum absolute atomic E-state index is 12.5. The average molecular weight is 430 g/mol. The number of hydrogen-bond donors (Lipinski definition) is 2. The molecule has 0 saturated heterocycles. The van der Waals surface area contributed by atoms with Crippen molar-refractivity contribution in [3.8, 4) is 0 Å². The van der Waals surface area contributed by atoms with Crippen LogP contribution < -0.4 is 10.6 Å². The highest BCUT2D eigenvalue weighted by Crippen LogP contribution is 2.18. The molecule has 32 heavy (non-hydrogen) atoms. The second-order valence-corrected chi connectivity index (χ2v) is 8.14. The average Bonchev–Trinajstić information content (AvgIpc) is 2.84. The van der Waals surface area contributed by atoms with Crippen LogP contribution in [0.1, 0.15) is 70.5 Å². The van der Waals surface area contributed by atoms with Crippen LogP contribution in [0, 0.1) is 0 Å². The van der Waals surface area contributed by atoms with Gasteiger partial charge in [0.15, 0.2) is 0 Å². The molecule has 1 aromatic heterocycles. The van der Waals surface area contributed by atoms with Crippen LogP contribution in [0.5, 0.6) is 0 Å². The van der Waals surface area contributed by atoms with Gasteiger partial charge in [0.25, 0.3) is 11.8 Å². The van der Waals surface area contributed by atoms with Gasteiger partial charge in [-0.2, -0.15) is 0 Å². The smallest absolute Gasteiger partial charge is 0.269 e. The zero-order valence-corrected chi connectivity index (χ0v) is 18.8. The van der Waals surface area contributed by atoms with Crippen LogP contribution in [0.3, 0.4) is 0 Å². The minimum Gasteiger partial charge on any atom is -0.352 e. The van der Waals surface area contributed by atoms with E-state index >= 15 is 0 Å². The van der Waals surface area contributed by atoms with E-state index in [2.05, 4.69) is 53.7 Å². The predicted molar refractivity (Wildman–Crippen MR) is 128 cm³/mol. The number of carbonyl (C=O) groups is 2. The minimum absolute atomic E-state index is 0.195. The highest BCUT2D eigenvalue weighted by atomic mass is 16.2. The lowest BCUT2D eigenvalue weighted by Gasteiger charge is -2.13. The molecular formula is C27H31N3O2. The first kappa shape index (κ1) is 23.2. The third-order valence-corrected chi connectivity index (χ3v) is 5.72. The van der Waals surface area contributed by atoms with Crippen LogP contribution in [0.15, 0.2) is 79.0 Å². The summed E-state index contributed by atoms with van der Waals surface area (Å²) in [6.07, 6.45) is 3.17. The fraction of sp³-hybridized carbons (Fsp3) is 0.296. The molecule has 0 aliphatic rings. The zero-order valence-electron chi connectivity index (χ0n) is 18.8. The standard InChI is InChI=1S/C27H31N3O2/c1-20(22-9-5-3-6-10-22)13-16-29-26(31)24-15-18-28-25(19-24)27(32)30-17-14-21(2)23-11-7-4-8-12-23/h3-12,15,18-21H,13-14,16-17H2,1-2H3,(H,29,31)(H,30,32). The van der Waals surface area contributed by atoms with Crippen LogP contribution in [-0.2, 0) is 0 Å². The number of pyridine rings is 1. The molecule has 2 atom stereocenters. The Labute approximate surface area is 190 Å². The number of aromatic nitrogens is 1. The number of amides is 2. The first-order valence-electron chi connectivity index (χ1n) is 11.2. The Kier molecular flexibility index (Phi) is 8.55. The van der Waals surface area contributed by atoms with Crippen molar-refractivity contribution in [1.82, 2.24) is 15.6 Å². The van der Waals surface area contributed by atoms with Crippen LogP contribution in [0.2, 0.25) is 0 Å². The van der Waals surface area contributed by atoms with Crippen molar-refractivity contribution in [3.05, 3.63) is 101 Å². The van der Waals surface area contributed by atoms with E-state index in [1.807, 2.05) is 36.4 Å². The van der Waals surface area contributed by atoms with Gasteiger partial charge in [-0.15, -0.1) is 0 Å². The number of hydrogen-bond acceptors (Lipinski definition) is 3. The highest BCUT2D eigenvalue weighted by molar-refractivity contribution is 5.98. The van der Waals surface area contributed by atoms with Gasteiger partial charge in [-0.1, -0.05) is 74.5 Å². The molecule has 0 radical (unpaired) electrons. The Morgan fingerprint density at radius 1 is 0.750 bits per heavy atom. The molecule has 2 aromatic carbocycles. The van der Waals surface area contributed by atoms with Crippen molar-refractivity contribution >= 4 is 11.8 Å². The lowest BCUT2D eigenvalue weighted by atomic mass is 9.98. The molecule has 0 saturated carbocycles. The minimum atomic E-state index is -0.266. The molecule has 2 unspecified atom stereocenters. The Bertz CT molecular complexity index is 927. The third-order valence-electron chi connectivity index (χ3n) is 5.72. The summed E-state index contributed by atoms with van der Waals surface area (Å²) in [5.41, 5.74) is 3.20. The van der Waals surface area contributed by atoms with E-state index in [9.17, 15) is 9.59 Å². The van der Waals surface area contributed by atoms with E-state index in [-0.39, 0.29) is 17.5 Å². The van der Waals surface area contributed by atoms with Gasteiger partial charge in [-0.05, 0) is 47.9 Å². The fourth-order valence-corrected chi connectivity index (χ4v) is 3.59. The van der Waals surface area contributed by atoms with Crippen molar-refractivity contribution in [1.29, 1.82) is 0 Å². The molecule has 3 aromatic rings. The highest BCUT2D eigenvalue weighted by Gasteiger charge is 2.13. The SMILES string of the molecule is CC(CCNC(=O)c1ccnc(C(=O)NCCC(C)c2ccccc2)c1)c1ccccc1. The second-order valence-electron chi connectivity index (χ2n) is 8.14. The molecule has 2 amide bonds. The monoisotopic (exact) mass is 429 g/mol. The van der Waals surface area contributed by atoms with Crippen molar-refractivity contribution in [2.24, 2.45) is 0 Å². The van der Waals surface area contributed by atoms with Gasteiger partial charge >= 0.3 is 0 Å². The Morgan fingerprint density at radius 3 is 1.78 bits per heavy atom. The van der Waals surface area contributed by atoms with Crippen LogP contribution in [-0.4, -0.2) is 29.9 Å². The van der Waals surface area contributed by atoms with Gasteiger partial charge in [-0.3, -0.25) is 14.6 Å². The number of rotatable bonds is 10. The van der Waals surface area contributed by atoms with E-state index in [4.69, 9.17) is 0 Å².